The first-order valence-electron chi connectivity index (χ1n) is 8.90. The predicted molar refractivity (Wildman–Crippen MR) is 97.3 cm³/mol. The zero-order valence-corrected chi connectivity index (χ0v) is 14.6. The van der Waals surface area contributed by atoms with Gasteiger partial charge in [-0.15, -0.1) is 0 Å². The molecule has 0 spiro atoms. The van der Waals surface area contributed by atoms with Gasteiger partial charge in [-0.2, -0.15) is 0 Å². The van der Waals surface area contributed by atoms with Crippen molar-refractivity contribution in [2.75, 3.05) is 31.6 Å². The molecule has 2 aromatic rings. The fourth-order valence-electron chi connectivity index (χ4n) is 3.29. The first kappa shape index (κ1) is 18.6. The SMILES string of the molecule is OCCOc1cccc(CN2CCCC(Nc3ccc(F)c(F)c3)C2)c1. The average Bonchev–Trinajstić information content (AvgIpc) is 2.64. The molecular weight excluding hydrogens is 338 g/mol. The number of rotatable bonds is 7. The molecule has 6 heteroatoms. The van der Waals surface area contributed by atoms with E-state index in [1.807, 2.05) is 18.2 Å². The second-order valence-corrected chi connectivity index (χ2v) is 6.57. The number of hydrogen-bond donors (Lipinski definition) is 2. The number of likely N-dealkylation sites (tertiary alicyclic amines) is 1. The van der Waals surface area contributed by atoms with Crippen LogP contribution < -0.4 is 10.1 Å². The third-order valence-electron chi connectivity index (χ3n) is 4.46. The monoisotopic (exact) mass is 362 g/mol. The van der Waals surface area contributed by atoms with E-state index < -0.39 is 11.6 Å². The molecule has 1 saturated heterocycles. The molecule has 1 fully saturated rings. The molecule has 1 unspecified atom stereocenters. The molecule has 0 aliphatic carbocycles. The highest BCUT2D eigenvalue weighted by Gasteiger charge is 2.20. The smallest absolute Gasteiger partial charge is 0.160 e. The molecule has 1 aliphatic rings. The lowest BCUT2D eigenvalue weighted by Gasteiger charge is -2.33. The van der Waals surface area contributed by atoms with Crippen molar-refractivity contribution in [3.8, 4) is 5.75 Å². The highest BCUT2D eigenvalue weighted by atomic mass is 19.2. The lowest BCUT2D eigenvalue weighted by molar-refractivity contribution is 0.199. The van der Waals surface area contributed by atoms with Gasteiger partial charge in [0.1, 0.15) is 12.4 Å². The van der Waals surface area contributed by atoms with Crippen LogP contribution in [-0.2, 0) is 6.54 Å². The standard InChI is InChI=1S/C20H24F2N2O2/c21-19-7-6-16(12-20(19)22)23-17-4-2-8-24(14-17)13-15-3-1-5-18(11-15)26-10-9-25/h1,3,5-7,11-12,17,23,25H,2,4,8-10,13-14H2. The largest absolute Gasteiger partial charge is 0.491 e. The summed E-state index contributed by atoms with van der Waals surface area (Å²) in [4.78, 5) is 2.34. The van der Waals surface area contributed by atoms with Crippen molar-refractivity contribution < 1.29 is 18.6 Å². The van der Waals surface area contributed by atoms with Gasteiger partial charge in [0.15, 0.2) is 11.6 Å². The molecule has 4 nitrogen and oxygen atoms in total. The normalized spacial score (nSPS) is 17.9. The number of ether oxygens (including phenoxy) is 1. The number of nitrogens with zero attached hydrogens (tertiary/aromatic N) is 1. The van der Waals surface area contributed by atoms with Crippen molar-refractivity contribution in [1.29, 1.82) is 0 Å². The third-order valence-corrected chi connectivity index (χ3v) is 4.46. The maximum Gasteiger partial charge on any atom is 0.160 e. The van der Waals surface area contributed by atoms with Crippen LogP contribution in [0.15, 0.2) is 42.5 Å². The van der Waals surface area contributed by atoms with E-state index in [1.165, 1.54) is 6.07 Å². The number of aliphatic hydroxyl groups is 1. The molecule has 0 aromatic heterocycles. The van der Waals surface area contributed by atoms with E-state index >= 15 is 0 Å². The quantitative estimate of drug-likeness (QED) is 0.792. The number of hydrogen-bond acceptors (Lipinski definition) is 4. The fourth-order valence-corrected chi connectivity index (χ4v) is 3.29. The number of benzene rings is 2. The van der Waals surface area contributed by atoms with Gasteiger partial charge in [0, 0.05) is 30.9 Å². The van der Waals surface area contributed by atoms with Gasteiger partial charge in [0.25, 0.3) is 0 Å². The highest BCUT2D eigenvalue weighted by Crippen LogP contribution is 2.21. The molecule has 2 N–H and O–H groups in total. The summed E-state index contributed by atoms with van der Waals surface area (Å²) in [6.07, 6.45) is 2.04. The molecule has 0 radical (unpaired) electrons. The van der Waals surface area contributed by atoms with Gasteiger partial charge in [-0.3, -0.25) is 4.90 Å². The molecule has 140 valence electrons. The molecule has 1 aliphatic heterocycles. The van der Waals surface area contributed by atoms with Gasteiger partial charge in [-0.1, -0.05) is 12.1 Å². The van der Waals surface area contributed by atoms with Crippen LogP contribution in [-0.4, -0.2) is 42.4 Å². The lowest BCUT2D eigenvalue weighted by atomic mass is 10.0. The van der Waals surface area contributed by atoms with Gasteiger partial charge in [-0.05, 0) is 49.2 Å². The Morgan fingerprint density at radius 1 is 1.15 bits per heavy atom. The van der Waals surface area contributed by atoms with Crippen LogP contribution >= 0.6 is 0 Å². The molecule has 1 atom stereocenters. The van der Waals surface area contributed by atoms with E-state index in [0.717, 1.165) is 49.9 Å². The first-order chi connectivity index (χ1) is 12.6. The molecule has 0 bridgehead atoms. The van der Waals surface area contributed by atoms with Crippen LogP contribution in [0.25, 0.3) is 0 Å². The summed E-state index contributed by atoms with van der Waals surface area (Å²) in [7, 11) is 0. The topological polar surface area (TPSA) is 44.7 Å². The molecule has 2 aromatic carbocycles. The van der Waals surface area contributed by atoms with Crippen molar-refractivity contribution >= 4 is 5.69 Å². The number of aliphatic hydroxyl groups excluding tert-OH is 1. The van der Waals surface area contributed by atoms with E-state index in [2.05, 4.69) is 16.3 Å². The Bertz CT molecular complexity index is 727. The Morgan fingerprint density at radius 3 is 2.85 bits per heavy atom. The van der Waals surface area contributed by atoms with Crippen molar-refractivity contribution in [3.05, 3.63) is 59.7 Å². The van der Waals surface area contributed by atoms with E-state index in [1.54, 1.807) is 6.07 Å². The van der Waals surface area contributed by atoms with Gasteiger partial charge in [0.2, 0.25) is 0 Å². The van der Waals surface area contributed by atoms with E-state index in [0.29, 0.717) is 5.69 Å². The average molecular weight is 362 g/mol. The number of halogens is 2. The zero-order valence-electron chi connectivity index (χ0n) is 14.6. The van der Waals surface area contributed by atoms with Crippen LogP contribution in [0.5, 0.6) is 5.75 Å². The summed E-state index contributed by atoms with van der Waals surface area (Å²) in [5.74, 6) is -0.906. The van der Waals surface area contributed by atoms with Crippen molar-refractivity contribution in [1.82, 2.24) is 4.90 Å². The van der Waals surface area contributed by atoms with Gasteiger partial charge >= 0.3 is 0 Å². The number of anilines is 1. The highest BCUT2D eigenvalue weighted by molar-refractivity contribution is 5.44. The third kappa shape index (κ3) is 5.16. The van der Waals surface area contributed by atoms with Crippen LogP contribution in [0.3, 0.4) is 0 Å². The van der Waals surface area contributed by atoms with Crippen molar-refractivity contribution in [2.45, 2.75) is 25.4 Å². The number of nitrogens with one attached hydrogen (secondary N) is 1. The summed E-state index contributed by atoms with van der Waals surface area (Å²) >= 11 is 0. The number of piperidine rings is 1. The minimum absolute atomic E-state index is 0.00627. The van der Waals surface area contributed by atoms with E-state index in [-0.39, 0.29) is 19.3 Å². The molecular formula is C20H24F2N2O2. The van der Waals surface area contributed by atoms with E-state index in [4.69, 9.17) is 9.84 Å². The minimum atomic E-state index is -0.831. The Labute approximate surface area is 152 Å². The summed E-state index contributed by atoms with van der Waals surface area (Å²) < 4.78 is 31.9. The Balaban J connectivity index is 1.57. The molecule has 26 heavy (non-hydrogen) atoms. The molecule has 1 heterocycles. The van der Waals surface area contributed by atoms with Gasteiger partial charge in [-0.25, -0.2) is 8.78 Å². The molecule has 0 amide bonds. The van der Waals surface area contributed by atoms with Crippen LogP contribution in [0.4, 0.5) is 14.5 Å². The Kier molecular flexibility index (Phi) is 6.41. The van der Waals surface area contributed by atoms with Crippen molar-refractivity contribution in [2.24, 2.45) is 0 Å². The summed E-state index contributed by atoms with van der Waals surface area (Å²) in [5, 5.41) is 12.2. The molecule has 0 saturated carbocycles. The van der Waals surface area contributed by atoms with Crippen molar-refractivity contribution in [3.63, 3.8) is 0 Å². The van der Waals surface area contributed by atoms with Crippen LogP contribution in [0.2, 0.25) is 0 Å². The second-order valence-electron chi connectivity index (χ2n) is 6.57. The second kappa shape index (κ2) is 8.96. The van der Waals surface area contributed by atoms with Crippen LogP contribution in [0.1, 0.15) is 18.4 Å². The zero-order chi connectivity index (χ0) is 18.4. The van der Waals surface area contributed by atoms with E-state index in [9.17, 15) is 8.78 Å². The maximum absolute atomic E-state index is 13.4. The Hall–Kier alpha value is -2.18. The summed E-state index contributed by atoms with van der Waals surface area (Å²) in [5.41, 5.74) is 1.75. The summed E-state index contributed by atoms with van der Waals surface area (Å²) in [6, 6.07) is 12.0. The Morgan fingerprint density at radius 2 is 2.04 bits per heavy atom. The van der Waals surface area contributed by atoms with Gasteiger partial charge in [0.05, 0.1) is 6.61 Å². The fraction of sp³-hybridized carbons (Fsp3) is 0.400. The molecule has 3 rings (SSSR count). The first-order valence-corrected chi connectivity index (χ1v) is 8.90. The van der Waals surface area contributed by atoms with Gasteiger partial charge < -0.3 is 15.2 Å². The lowest BCUT2D eigenvalue weighted by Crippen LogP contribution is -2.41. The summed E-state index contributed by atoms with van der Waals surface area (Å²) in [6.45, 7) is 2.91. The maximum atomic E-state index is 13.4. The predicted octanol–water partition coefficient (Wildman–Crippen LogP) is 3.41. The minimum Gasteiger partial charge on any atom is -0.491 e. The van der Waals surface area contributed by atoms with Crippen LogP contribution in [0, 0.1) is 11.6 Å².